The van der Waals surface area contributed by atoms with Crippen LogP contribution in [0.4, 0.5) is 0 Å². The van der Waals surface area contributed by atoms with E-state index in [4.69, 9.17) is 5.26 Å². The maximum absolute atomic E-state index is 11.8. The molecule has 18 heavy (non-hydrogen) atoms. The summed E-state index contributed by atoms with van der Waals surface area (Å²) in [5.74, 6) is 0.892. The minimum Gasteiger partial charge on any atom is -0.353 e. The van der Waals surface area contributed by atoms with Crippen LogP contribution in [-0.2, 0) is 11.2 Å². The van der Waals surface area contributed by atoms with Crippen LogP contribution in [0, 0.1) is 17.2 Å². The van der Waals surface area contributed by atoms with E-state index >= 15 is 0 Å². The van der Waals surface area contributed by atoms with Crippen LogP contribution in [0.3, 0.4) is 0 Å². The number of carbonyl (C=O) groups is 1. The molecule has 1 aliphatic carbocycles. The Morgan fingerprint density at radius 1 is 1.44 bits per heavy atom. The zero-order valence-corrected chi connectivity index (χ0v) is 10.6. The smallest absolute Gasteiger partial charge is 0.224 e. The molecule has 3 heteroatoms. The summed E-state index contributed by atoms with van der Waals surface area (Å²) in [6, 6.07) is 9.50. The van der Waals surface area contributed by atoms with Gasteiger partial charge in [-0.25, -0.2) is 0 Å². The van der Waals surface area contributed by atoms with Crippen molar-refractivity contribution in [3.8, 4) is 6.07 Å². The first-order valence-corrected chi connectivity index (χ1v) is 6.46. The fourth-order valence-corrected chi connectivity index (χ4v) is 2.12. The Kier molecular flexibility index (Phi) is 3.99. The Balaban J connectivity index is 1.80. The fourth-order valence-electron chi connectivity index (χ4n) is 2.12. The Bertz CT molecular complexity index is 454. The lowest BCUT2D eigenvalue weighted by atomic mass is 10.1. The first kappa shape index (κ1) is 12.6. The van der Waals surface area contributed by atoms with Crippen molar-refractivity contribution >= 4 is 5.91 Å². The molecule has 2 rings (SSSR count). The molecule has 1 unspecified atom stereocenters. The molecule has 1 fully saturated rings. The quantitative estimate of drug-likeness (QED) is 0.862. The molecule has 1 aliphatic rings. The van der Waals surface area contributed by atoms with E-state index in [0.717, 1.165) is 17.9 Å². The average molecular weight is 242 g/mol. The maximum Gasteiger partial charge on any atom is 0.224 e. The first-order valence-electron chi connectivity index (χ1n) is 6.46. The molecule has 1 saturated carbocycles. The van der Waals surface area contributed by atoms with Gasteiger partial charge in [0.05, 0.1) is 18.1 Å². The summed E-state index contributed by atoms with van der Waals surface area (Å²) in [6.45, 7) is 2.06. The molecule has 1 aromatic carbocycles. The van der Waals surface area contributed by atoms with Gasteiger partial charge in [-0.15, -0.1) is 0 Å². The second-order valence-electron chi connectivity index (χ2n) is 5.13. The summed E-state index contributed by atoms with van der Waals surface area (Å²) < 4.78 is 0. The Morgan fingerprint density at radius 2 is 2.11 bits per heavy atom. The molecule has 1 aromatic rings. The number of nitriles is 1. The van der Waals surface area contributed by atoms with Gasteiger partial charge < -0.3 is 5.32 Å². The van der Waals surface area contributed by atoms with Crippen LogP contribution in [0.1, 0.15) is 37.3 Å². The zero-order chi connectivity index (χ0) is 13.0. The summed E-state index contributed by atoms with van der Waals surface area (Å²) in [4.78, 5) is 11.8. The van der Waals surface area contributed by atoms with Gasteiger partial charge in [0.2, 0.25) is 5.91 Å². The van der Waals surface area contributed by atoms with Gasteiger partial charge in [0.25, 0.3) is 0 Å². The van der Waals surface area contributed by atoms with Gasteiger partial charge in [-0.3, -0.25) is 4.79 Å². The lowest BCUT2D eigenvalue weighted by Gasteiger charge is -2.13. The molecule has 0 radical (unpaired) electrons. The summed E-state index contributed by atoms with van der Waals surface area (Å²) in [6.07, 6.45) is 4.12. The van der Waals surface area contributed by atoms with Crippen LogP contribution in [-0.4, -0.2) is 11.9 Å². The van der Waals surface area contributed by atoms with Crippen LogP contribution in [0.5, 0.6) is 0 Å². The van der Waals surface area contributed by atoms with Crippen molar-refractivity contribution in [3.05, 3.63) is 35.4 Å². The topological polar surface area (TPSA) is 52.9 Å². The molecule has 0 heterocycles. The van der Waals surface area contributed by atoms with Gasteiger partial charge in [0, 0.05) is 6.04 Å². The summed E-state index contributed by atoms with van der Waals surface area (Å²) in [5, 5.41) is 11.7. The number of amides is 1. The third-order valence-electron chi connectivity index (χ3n) is 3.24. The number of hydrogen-bond donors (Lipinski definition) is 1. The van der Waals surface area contributed by atoms with Crippen molar-refractivity contribution in [3.63, 3.8) is 0 Å². The Labute approximate surface area is 108 Å². The first-order chi connectivity index (χ1) is 8.67. The van der Waals surface area contributed by atoms with E-state index in [1.54, 1.807) is 12.1 Å². The Morgan fingerprint density at radius 3 is 2.67 bits per heavy atom. The average Bonchev–Trinajstić information content (AvgIpc) is 3.13. The number of rotatable bonds is 5. The van der Waals surface area contributed by atoms with Crippen LogP contribution in [0.2, 0.25) is 0 Å². The number of nitrogens with zero attached hydrogens (tertiary/aromatic N) is 1. The lowest BCUT2D eigenvalue weighted by molar-refractivity contribution is -0.121. The van der Waals surface area contributed by atoms with Gasteiger partial charge in [0.15, 0.2) is 0 Å². The molecule has 0 aliphatic heterocycles. The minimum absolute atomic E-state index is 0.0628. The molecule has 94 valence electrons. The van der Waals surface area contributed by atoms with Crippen molar-refractivity contribution in [2.75, 3.05) is 0 Å². The SMILES string of the molecule is CC(CC1CC1)NC(=O)Cc1ccc(C#N)cc1. The monoisotopic (exact) mass is 242 g/mol. The summed E-state index contributed by atoms with van der Waals surface area (Å²) >= 11 is 0. The number of hydrogen-bond acceptors (Lipinski definition) is 2. The zero-order valence-electron chi connectivity index (χ0n) is 10.6. The molecule has 3 nitrogen and oxygen atoms in total. The van der Waals surface area contributed by atoms with E-state index in [-0.39, 0.29) is 11.9 Å². The van der Waals surface area contributed by atoms with Crippen LogP contribution in [0.15, 0.2) is 24.3 Å². The normalized spacial score (nSPS) is 15.8. The lowest BCUT2D eigenvalue weighted by Crippen LogP contribution is -2.33. The standard InChI is InChI=1S/C15H18N2O/c1-11(8-12-2-3-12)17-15(18)9-13-4-6-14(10-16)7-5-13/h4-7,11-12H,2-3,8-9H2,1H3,(H,17,18). The van der Waals surface area contributed by atoms with E-state index in [1.165, 1.54) is 12.8 Å². The van der Waals surface area contributed by atoms with Gasteiger partial charge >= 0.3 is 0 Å². The molecule has 0 bridgehead atoms. The Hall–Kier alpha value is -1.82. The van der Waals surface area contributed by atoms with Crippen LogP contribution >= 0.6 is 0 Å². The molecular formula is C15H18N2O. The molecule has 0 aromatic heterocycles. The third-order valence-corrected chi connectivity index (χ3v) is 3.24. The number of carbonyl (C=O) groups excluding carboxylic acids is 1. The van der Waals surface area contributed by atoms with E-state index in [1.807, 2.05) is 12.1 Å². The third kappa shape index (κ3) is 3.89. The van der Waals surface area contributed by atoms with E-state index < -0.39 is 0 Å². The van der Waals surface area contributed by atoms with Crippen LogP contribution in [0.25, 0.3) is 0 Å². The highest BCUT2D eigenvalue weighted by Crippen LogP contribution is 2.33. The van der Waals surface area contributed by atoms with Gasteiger partial charge in [0.1, 0.15) is 0 Å². The molecular weight excluding hydrogens is 224 g/mol. The second-order valence-corrected chi connectivity index (χ2v) is 5.13. The molecule has 1 N–H and O–H groups in total. The predicted molar refractivity (Wildman–Crippen MR) is 69.8 cm³/mol. The number of benzene rings is 1. The van der Waals surface area contributed by atoms with E-state index in [2.05, 4.69) is 18.3 Å². The minimum atomic E-state index is 0.0628. The largest absolute Gasteiger partial charge is 0.353 e. The van der Waals surface area contributed by atoms with Crippen molar-refractivity contribution in [1.82, 2.24) is 5.32 Å². The van der Waals surface area contributed by atoms with Crippen molar-refractivity contribution < 1.29 is 4.79 Å². The maximum atomic E-state index is 11.8. The second kappa shape index (κ2) is 5.68. The van der Waals surface area contributed by atoms with Gasteiger partial charge in [-0.05, 0) is 37.0 Å². The van der Waals surface area contributed by atoms with Crippen molar-refractivity contribution in [2.45, 2.75) is 38.6 Å². The molecule has 1 atom stereocenters. The predicted octanol–water partition coefficient (Wildman–Crippen LogP) is 2.41. The van der Waals surface area contributed by atoms with Gasteiger partial charge in [-0.1, -0.05) is 25.0 Å². The highest BCUT2D eigenvalue weighted by Gasteiger charge is 2.24. The molecule has 0 spiro atoms. The van der Waals surface area contributed by atoms with Crippen LogP contribution < -0.4 is 5.32 Å². The highest BCUT2D eigenvalue weighted by atomic mass is 16.1. The van der Waals surface area contributed by atoms with Gasteiger partial charge in [-0.2, -0.15) is 5.26 Å². The summed E-state index contributed by atoms with van der Waals surface area (Å²) in [5.41, 5.74) is 1.58. The van der Waals surface area contributed by atoms with E-state index in [9.17, 15) is 4.79 Å². The summed E-state index contributed by atoms with van der Waals surface area (Å²) in [7, 11) is 0. The number of nitrogens with one attached hydrogen (secondary N) is 1. The van der Waals surface area contributed by atoms with Crippen molar-refractivity contribution in [2.24, 2.45) is 5.92 Å². The molecule has 1 amide bonds. The molecule has 0 saturated heterocycles. The van der Waals surface area contributed by atoms with Crippen molar-refractivity contribution in [1.29, 1.82) is 5.26 Å². The fraction of sp³-hybridized carbons (Fsp3) is 0.467. The highest BCUT2D eigenvalue weighted by molar-refractivity contribution is 5.78. The van der Waals surface area contributed by atoms with E-state index in [0.29, 0.717) is 12.0 Å².